The summed E-state index contributed by atoms with van der Waals surface area (Å²) in [5.74, 6) is -0.305. The highest BCUT2D eigenvalue weighted by atomic mass is 79.9. The van der Waals surface area contributed by atoms with Crippen molar-refractivity contribution in [2.24, 2.45) is 0 Å². The van der Waals surface area contributed by atoms with Crippen molar-refractivity contribution in [3.8, 4) is 0 Å². The maximum atomic E-state index is 12.4. The van der Waals surface area contributed by atoms with Crippen LogP contribution in [0.25, 0.3) is 0 Å². The summed E-state index contributed by atoms with van der Waals surface area (Å²) in [7, 11) is 0. The first-order chi connectivity index (χ1) is 8.61. The minimum Gasteiger partial charge on any atom is -0.398 e. The Bertz CT molecular complexity index is 707. The van der Waals surface area contributed by atoms with Crippen LogP contribution in [0.4, 0.5) is 5.69 Å². The predicted molar refractivity (Wildman–Crippen MR) is 71.9 cm³/mol. The number of carbonyl (C=O) groups is 2. The van der Waals surface area contributed by atoms with Crippen LogP contribution in [0.2, 0.25) is 0 Å². The van der Waals surface area contributed by atoms with Crippen LogP contribution in [0, 0.1) is 0 Å². The molecular weight excluding hydrogens is 294 g/mol. The number of carbonyl (C=O) groups excluding carboxylic acids is 2. The molecule has 0 spiro atoms. The zero-order valence-corrected chi connectivity index (χ0v) is 10.8. The first-order valence-electron chi connectivity index (χ1n) is 5.37. The fourth-order valence-electron chi connectivity index (χ4n) is 2.16. The van der Waals surface area contributed by atoms with E-state index in [0.29, 0.717) is 32.4 Å². The van der Waals surface area contributed by atoms with Crippen LogP contribution in [-0.2, 0) is 0 Å². The lowest BCUT2D eigenvalue weighted by Crippen LogP contribution is -2.21. The van der Waals surface area contributed by atoms with Gasteiger partial charge in [-0.1, -0.05) is 24.3 Å². The molecule has 18 heavy (non-hydrogen) atoms. The van der Waals surface area contributed by atoms with E-state index in [1.807, 2.05) is 0 Å². The average molecular weight is 302 g/mol. The van der Waals surface area contributed by atoms with E-state index in [1.165, 1.54) is 0 Å². The van der Waals surface area contributed by atoms with E-state index in [-0.39, 0.29) is 11.6 Å². The van der Waals surface area contributed by atoms with Gasteiger partial charge < -0.3 is 5.73 Å². The third-order valence-electron chi connectivity index (χ3n) is 3.06. The van der Waals surface area contributed by atoms with Crippen LogP contribution in [0.3, 0.4) is 0 Å². The van der Waals surface area contributed by atoms with Crippen molar-refractivity contribution in [1.29, 1.82) is 0 Å². The topological polar surface area (TPSA) is 60.2 Å². The van der Waals surface area contributed by atoms with Crippen molar-refractivity contribution in [2.45, 2.75) is 0 Å². The summed E-state index contributed by atoms with van der Waals surface area (Å²) in [5, 5.41) is 0. The first kappa shape index (κ1) is 11.2. The van der Waals surface area contributed by atoms with E-state index in [9.17, 15) is 9.59 Å². The van der Waals surface area contributed by atoms with Crippen molar-refractivity contribution in [3.63, 3.8) is 0 Å². The number of hydrogen-bond donors (Lipinski definition) is 1. The molecule has 2 aromatic carbocycles. The Morgan fingerprint density at radius 1 is 0.833 bits per heavy atom. The van der Waals surface area contributed by atoms with Gasteiger partial charge in [0.05, 0.1) is 4.47 Å². The van der Waals surface area contributed by atoms with Gasteiger partial charge in [-0.3, -0.25) is 9.59 Å². The lowest BCUT2D eigenvalue weighted by molar-refractivity contribution is 0.0978. The molecule has 1 aliphatic rings. The lowest BCUT2D eigenvalue weighted by Gasteiger charge is -2.19. The van der Waals surface area contributed by atoms with E-state index in [4.69, 9.17) is 5.73 Å². The average Bonchev–Trinajstić information content (AvgIpc) is 2.39. The molecule has 2 N–H and O–H groups in total. The van der Waals surface area contributed by atoms with Gasteiger partial charge in [0.25, 0.3) is 0 Å². The molecule has 3 nitrogen and oxygen atoms in total. The normalized spacial score (nSPS) is 13.2. The minimum atomic E-state index is -0.167. The Balaban J connectivity index is 2.38. The summed E-state index contributed by atoms with van der Waals surface area (Å²) >= 11 is 3.29. The summed E-state index contributed by atoms with van der Waals surface area (Å²) in [4.78, 5) is 24.7. The molecule has 0 unspecified atom stereocenters. The molecule has 0 fully saturated rings. The molecule has 0 atom stereocenters. The third-order valence-corrected chi connectivity index (χ3v) is 3.91. The molecule has 0 amide bonds. The fraction of sp³-hybridized carbons (Fsp3) is 0. The highest BCUT2D eigenvalue weighted by Gasteiger charge is 2.31. The van der Waals surface area contributed by atoms with E-state index < -0.39 is 0 Å². The van der Waals surface area contributed by atoms with E-state index in [0.717, 1.165) is 0 Å². The maximum absolute atomic E-state index is 12.4. The van der Waals surface area contributed by atoms with Crippen LogP contribution in [0.1, 0.15) is 31.8 Å². The van der Waals surface area contributed by atoms with Crippen molar-refractivity contribution < 1.29 is 9.59 Å². The van der Waals surface area contributed by atoms with Gasteiger partial charge in [-0.15, -0.1) is 0 Å². The van der Waals surface area contributed by atoms with Crippen LogP contribution in [-0.4, -0.2) is 11.6 Å². The number of hydrogen-bond acceptors (Lipinski definition) is 3. The Hall–Kier alpha value is -1.94. The number of fused-ring (bicyclic) bond motifs is 2. The molecule has 1 aliphatic carbocycles. The zero-order chi connectivity index (χ0) is 12.9. The van der Waals surface area contributed by atoms with Crippen molar-refractivity contribution in [2.75, 3.05) is 5.73 Å². The summed E-state index contributed by atoms with van der Waals surface area (Å²) in [6, 6.07) is 10.1. The molecule has 4 heteroatoms. The van der Waals surface area contributed by atoms with Gasteiger partial charge in [0.1, 0.15) is 0 Å². The molecule has 0 saturated heterocycles. The minimum absolute atomic E-state index is 0.138. The quantitative estimate of drug-likeness (QED) is 0.650. The monoisotopic (exact) mass is 301 g/mol. The standard InChI is InChI=1S/C14H8BrNO2/c15-12-10(16)6-5-9-11(12)14(18)8-4-2-1-3-7(8)13(9)17/h1-6H,16H2. The summed E-state index contributed by atoms with van der Waals surface area (Å²) in [6.07, 6.45) is 0. The highest BCUT2D eigenvalue weighted by molar-refractivity contribution is 9.10. The molecule has 3 rings (SSSR count). The number of halogens is 1. The summed E-state index contributed by atoms with van der Waals surface area (Å²) in [5.41, 5.74) is 7.86. The smallest absolute Gasteiger partial charge is 0.195 e. The van der Waals surface area contributed by atoms with Gasteiger partial charge in [0.2, 0.25) is 0 Å². The van der Waals surface area contributed by atoms with Gasteiger partial charge in [-0.25, -0.2) is 0 Å². The number of nitrogens with two attached hydrogens (primary N) is 1. The van der Waals surface area contributed by atoms with Gasteiger partial charge in [-0.2, -0.15) is 0 Å². The molecule has 88 valence electrons. The van der Waals surface area contributed by atoms with Crippen molar-refractivity contribution in [1.82, 2.24) is 0 Å². The number of benzene rings is 2. The molecule has 2 aromatic rings. The molecule has 0 saturated carbocycles. The van der Waals surface area contributed by atoms with E-state index in [2.05, 4.69) is 15.9 Å². The molecule has 0 radical (unpaired) electrons. The second-order valence-corrected chi connectivity index (χ2v) is 4.89. The largest absolute Gasteiger partial charge is 0.398 e. The maximum Gasteiger partial charge on any atom is 0.195 e. The Labute approximate surface area is 112 Å². The van der Waals surface area contributed by atoms with Crippen LogP contribution in [0.15, 0.2) is 40.9 Å². The highest BCUT2D eigenvalue weighted by Crippen LogP contribution is 2.34. The van der Waals surface area contributed by atoms with Gasteiger partial charge in [-0.05, 0) is 28.1 Å². The molecule has 0 aliphatic heterocycles. The predicted octanol–water partition coefficient (Wildman–Crippen LogP) is 2.81. The second-order valence-electron chi connectivity index (χ2n) is 4.10. The van der Waals surface area contributed by atoms with E-state index in [1.54, 1.807) is 36.4 Å². The SMILES string of the molecule is Nc1ccc2c(c1Br)C(=O)c1ccccc1C2=O. The Morgan fingerprint density at radius 2 is 1.44 bits per heavy atom. The van der Waals surface area contributed by atoms with E-state index >= 15 is 0 Å². The van der Waals surface area contributed by atoms with Crippen LogP contribution >= 0.6 is 15.9 Å². The summed E-state index contributed by atoms with van der Waals surface area (Å²) in [6.45, 7) is 0. The van der Waals surface area contributed by atoms with Crippen LogP contribution < -0.4 is 5.73 Å². The number of nitrogen functional groups attached to an aromatic ring is 1. The number of anilines is 1. The van der Waals surface area contributed by atoms with Crippen molar-refractivity contribution in [3.05, 3.63) is 63.1 Å². The molecule has 0 heterocycles. The zero-order valence-electron chi connectivity index (χ0n) is 9.24. The molecule has 0 bridgehead atoms. The van der Waals surface area contributed by atoms with Gasteiger partial charge >= 0.3 is 0 Å². The first-order valence-corrected chi connectivity index (χ1v) is 6.17. The van der Waals surface area contributed by atoms with Gasteiger partial charge in [0, 0.05) is 27.9 Å². The Kier molecular flexibility index (Phi) is 2.35. The lowest BCUT2D eigenvalue weighted by atomic mass is 9.84. The molecule has 0 aromatic heterocycles. The third kappa shape index (κ3) is 1.36. The summed E-state index contributed by atoms with van der Waals surface area (Å²) < 4.78 is 0.493. The molecular formula is C14H8BrNO2. The van der Waals surface area contributed by atoms with Crippen molar-refractivity contribution >= 4 is 33.2 Å². The number of ketones is 2. The Morgan fingerprint density at radius 3 is 2.11 bits per heavy atom. The second kappa shape index (κ2) is 3.78. The van der Waals surface area contributed by atoms with Crippen LogP contribution in [0.5, 0.6) is 0 Å². The van der Waals surface area contributed by atoms with Gasteiger partial charge in [0.15, 0.2) is 11.6 Å². The fourth-order valence-corrected chi connectivity index (χ4v) is 2.69. The number of rotatable bonds is 0.